The molecule has 0 atom stereocenters. The molecule has 28 valence electrons. The van der Waals surface area contributed by atoms with E-state index >= 15 is 0 Å². The van der Waals surface area contributed by atoms with Gasteiger partial charge in [-0.15, -0.1) is 0 Å². The van der Waals surface area contributed by atoms with Crippen molar-refractivity contribution in [2.75, 3.05) is 0 Å². The van der Waals surface area contributed by atoms with Crippen molar-refractivity contribution < 1.29 is 12.4 Å². The Kier molecular flexibility index (Phi) is 1.65. The Morgan fingerprint density at radius 3 is 1.60 bits per heavy atom. The summed E-state index contributed by atoms with van der Waals surface area (Å²) in [4.78, 5) is 0. The van der Waals surface area contributed by atoms with Gasteiger partial charge in [-0.3, -0.25) is 0 Å². The van der Waals surface area contributed by atoms with E-state index in [0.717, 1.165) is 0 Å². The molecule has 1 aliphatic carbocycles. The van der Waals surface area contributed by atoms with Crippen molar-refractivity contribution in [3.05, 3.63) is 0 Å². The van der Waals surface area contributed by atoms with Crippen LogP contribution in [-0.2, 0) is 12.6 Å². The lowest BCUT2D eigenvalue weighted by molar-refractivity contribution is -0.000000664. The maximum Gasteiger partial charge on any atom is 0.234 e. The van der Waals surface area contributed by atoms with Crippen LogP contribution in [0.15, 0.2) is 0 Å². The Morgan fingerprint density at radius 1 is 1.40 bits per heavy atom. The predicted octanol–water partition coefficient (Wildman–Crippen LogP) is -3.61. The van der Waals surface area contributed by atoms with Gasteiger partial charge in [-0.1, -0.05) is 0 Å². The van der Waals surface area contributed by atoms with Gasteiger partial charge in [-0.25, -0.2) is 0 Å². The van der Waals surface area contributed by atoms with Gasteiger partial charge >= 0.3 is 0 Å². The number of rotatable bonds is 0. The van der Waals surface area contributed by atoms with E-state index in [4.69, 9.17) is 0 Å². The van der Waals surface area contributed by atoms with Crippen LogP contribution >= 0.6 is 0 Å². The molecule has 0 saturated heterocycles. The van der Waals surface area contributed by atoms with Crippen molar-refractivity contribution in [1.82, 2.24) is 0 Å². The maximum absolute atomic E-state index is 3.20. The van der Waals surface area contributed by atoms with Crippen molar-refractivity contribution in [2.24, 2.45) is 0 Å². The second-order valence-electron chi connectivity index (χ2n) is 0.722. The van der Waals surface area contributed by atoms with Gasteiger partial charge in [0.1, 0.15) is 0 Å². The zero-order valence-electron chi connectivity index (χ0n) is 2.46. The highest BCUT2D eigenvalue weighted by atomic mass is 35.5. The lowest BCUT2D eigenvalue weighted by Crippen LogP contribution is -3.00. The van der Waals surface area contributed by atoms with E-state index in [0.29, 0.717) is 5.25 Å². The molecule has 0 nitrogen and oxygen atoms in total. The van der Waals surface area contributed by atoms with Gasteiger partial charge in [0.05, 0.1) is 0 Å². The largest absolute Gasteiger partial charge is 1.00 e. The molecule has 0 unspecified atom stereocenters. The van der Waals surface area contributed by atoms with Crippen LogP contribution in [0.1, 0.15) is 0 Å². The molecule has 0 N–H and O–H groups in total. The molecular formula is C3H3ClS. The Hall–Kier alpha value is 0.200. The van der Waals surface area contributed by atoms with Crippen molar-refractivity contribution in [3.63, 3.8) is 0 Å². The van der Waals surface area contributed by atoms with Gasteiger partial charge in [0, 0.05) is 0 Å². The van der Waals surface area contributed by atoms with Gasteiger partial charge < -0.3 is 12.4 Å². The predicted molar refractivity (Wildman–Crippen MR) is 21.7 cm³/mol. The van der Waals surface area contributed by atoms with Gasteiger partial charge in [0.25, 0.3) is 0 Å². The van der Waals surface area contributed by atoms with E-state index in [2.05, 4.69) is 24.5 Å². The van der Waals surface area contributed by atoms with Crippen LogP contribution in [0.3, 0.4) is 0 Å². The van der Waals surface area contributed by atoms with Crippen LogP contribution in [0, 0.1) is 11.8 Å². The van der Waals surface area contributed by atoms with E-state index in [1.807, 2.05) is 0 Å². The van der Waals surface area contributed by atoms with Crippen molar-refractivity contribution in [1.29, 1.82) is 0 Å². The van der Waals surface area contributed by atoms with Crippen LogP contribution in [-0.4, -0.2) is 5.25 Å². The van der Waals surface area contributed by atoms with Crippen molar-refractivity contribution in [2.45, 2.75) is 5.25 Å². The van der Waals surface area contributed by atoms with E-state index in [-0.39, 0.29) is 12.4 Å². The van der Waals surface area contributed by atoms with E-state index in [1.54, 1.807) is 0 Å². The minimum Gasteiger partial charge on any atom is -1.00 e. The molecule has 0 heterocycles. The molecule has 0 aliphatic heterocycles. The fourth-order valence-corrected chi connectivity index (χ4v) is 0.125. The normalized spacial score (nSPS) is 14.6. The third kappa shape index (κ3) is 1.99. The second kappa shape index (κ2) is 1.59. The first-order valence-corrected chi connectivity index (χ1v) is 1.69. The quantitative estimate of drug-likeness (QED) is 0.221. The molecule has 5 heavy (non-hydrogen) atoms. The summed E-state index contributed by atoms with van der Waals surface area (Å²) in [6, 6.07) is 0. The average Bonchev–Trinajstić information content (AvgIpc) is 1.75. The SMILES string of the molecule is [Cl-].[SH2+]C1C#C1. The first kappa shape index (κ1) is 5.20. The zero-order chi connectivity index (χ0) is 2.99. The van der Waals surface area contributed by atoms with E-state index < -0.39 is 0 Å². The molecule has 0 fully saturated rings. The van der Waals surface area contributed by atoms with Gasteiger partial charge in [-0.2, -0.15) is 0 Å². The Morgan fingerprint density at radius 2 is 1.60 bits per heavy atom. The molecular weight excluding hydrogens is 104 g/mol. The summed E-state index contributed by atoms with van der Waals surface area (Å²) in [6.45, 7) is 0. The summed E-state index contributed by atoms with van der Waals surface area (Å²) >= 11 is 3.20. The summed E-state index contributed by atoms with van der Waals surface area (Å²) in [7, 11) is 0. The van der Waals surface area contributed by atoms with Crippen molar-refractivity contribution in [3.8, 4) is 11.8 Å². The Bertz CT molecular complexity index is 70.6. The maximum atomic E-state index is 3.20. The topological polar surface area (TPSA) is 0 Å². The number of halogens is 1. The third-order valence-electron chi connectivity index (χ3n) is 0.289. The summed E-state index contributed by atoms with van der Waals surface area (Å²) < 4.78 is 0. The van der Waals surface area contributed by atoms with E-state index in [1.165, 1.54) is 0 Å². The Labute approximate surface area is 42.8 Å². The van der Waals surface area contributed by atoms with Crippen LogP contribution < -0.4 is 12.4 Å². The van der Waals surface area contributed by atoms with Gasteiger partial charge in [-0.05, 0) is 24.5 Å². The fraction of sp³-hybridized carbons (Fsp3) is 0.333. The molecule has 0 saturated carbocycles. The standard InChI is InChI=1S/C3H2S.ClH/c4-3-1-2-3;/h3-4H;1H. The summed E-state index contributed by atoms with van der Waals surface area (Å²) in [5.41, 5.74) is 0. The zero-order valence-corrected chi connectivity index (χ0v) is 4.21. The smallest absolute Gasteiger partial charge is 0.234 e. The number of hydrogen-bond acceptors (Lipinski definition) is 0. The van der Waals surface area contributed by atoms with E-state index in [9.17, 15) is 0 Å². The summed E-state index contributed by atoms with van der Waals surface area (Å²) in [5.74, 6) is 5.52. The lowest BCUT2D eigenvalue weighted by atomic mass is 10.8. The molecule has 0 amide bonds. The first-order valence-electron chi connectivity index (χ1n) is 1.12. The van der Waals surface area contributed by atoms with Gasteiger partial charge in [0.15, 0.2) is 0 Å². The van der Waals surface area contributed by atoms with Crippen molar-refractivity contribution >= 4 is 12.6 Å². The van der Waals surface area contributed by atoms with Crippen LogP contribution in [0.4, 0.5) is 0 Å². The Balaban J connectivity index is 0.000000160. The highest BCUT2D eigenvalue weighted by Gasteiger charge is 2.05. The monoisotopic (exact) mass is 106 g/mol. The summed E-state index contributed by atoms with van der Waals surface area (Å²) in [5, 5.41) is 0.389. The molecule has 1 aliphatic rings. The van der Waals surface area contributed by atoms with Crippen LogP contribution in [0.25, 0.3) is 0 Å². The second-order valence-corrected chi connectivity index (χ2v) is 1.30. The molecule has 0 spiro atoms. The molecule has 0 bridgehead atoms. The molecule has 1 rings (SSSR count). The fourth-order valence-electron chi connectivity index (χ4n) is 0.0417. The minimum atomic E-state index is 0. The molecule has 0 aromatic carbocycles. The average molecular weight is 107 g/mol. The highest BCUT2D eigenvalue weighted by molar-refractivity contribution is 7.60. The summed E-state index contributed by atoms with van der Waals surface area (Å²) in [6.07, 6.45) is 0. The molecule has 0 aromatic rings. The lowest BCUT2D eigenvalue weighted by Gasteiger charge is -1.46. The molecule has 0 aromatic heterocycles. The number of hydrogen-bond donors (Lipinski definition) is 0. The highest BCUT2D eigenvalue weighted by Crippen LogP contribution is 1.87. The molecule has 0 radical (unpaired) electrons. The third-order valence-corrected chi connectivity index (χ3v) is 0.577. The first-order chi connectivity index (χ1) is 1.89. The van der Waals surface area contributed by atoms with Crippen LogP contribution in [0.2, 0.25) is 0 Å². The van der Waals surface area contributed by atoms with Gasteiger partial charge in [0.2, 0.25) is 5.25 Å². The minimum absolute atomic E-state index is 0. The van der Waals surface area contributed by atoms with Crippen LogP contribution in [0.5, 0.6) is 0 Å². The molecule has 2 heteroatoms.